The van der Waals surface area contributed by atoms with Crippen molar-refractivity contribution in [2.24, 2.45) is 0 Å². The van der Waals surface area contributed by atoms with E-state index in [2.05, 4.69) is 27.6 Å². The Morgan fingerprint density at radius 2 is 1.69 bits per heavy atom. The number of aromatic amines is 1. The van der Waals surface area contributed by atoms with Crippen LogP contribution < -0.4 is 0 Å². The van der Waals surface area contributed by atoms with Crippen molar-refractivity contribution < 1.29 is 4.39 Å². The summed E-state index contributed by atoms with van der Waals surface area (Å²) in [4.78, 5) is 2.64. The molecular formula is C10H7FIN. The highest BCUT2D eigenvalue weighted by molar-refractivity contribution is 14.1. The topological polar surface area (TPSA) is 15.8 Å². The minimum Gasteiger partial charge on any atom is -0.331 e. The van der Waals surface area contributed by atoms with Gasteiger partial charge in [-0.25, -0.2) is 0 Å². The molecular weight excluding hydrogens is 280 g/mol. The maximum Gasteiger partial charge on any atom is 0.191 e. The lowest BCUT2D eigenvalue weighted by Gasteiger charge is -1.96. The zero-order chi connectivity index (χ0) is 9.26. The summed E-state index contributed by atoms with van der Waals surface area (Å²) in [6, 6.07) is 11.1. The number of aromatic nitrogens is 1. The fourth-order valence-corrected chi connectivity index (χ4v) is 1.53. The Kier molecular flexibility index (Phi) is 2.35. The van der Waals surface area contributed by atoms with E-state index in [0.717, 1.165) is 11.3 Å². The smallest absolute Gasteiger partial charge is 0.191 e. The lowest BCUT2D eigenvalue weighted by Crippen LogP contribution is -1.78. The minimum absolute atomic E-state index is 0.298. The van der Waals surface area contributed by atoms with Gasteiger partial charge in [-0.05, 0) is 52.4 Å². The van der Waals surface area contributed by atoms with Crippen LogP contribution in [0.5, 0.6) is 0 Å². The van der Waals surface area contributed by atoms with Crippen LogP contribution in [0.2, 0.25) is 0 Å². The molecule has 0 aliphatic rings. The summed E-state index contributed by atoms with van der Waals surface area (Å²) in [7, 11) is 0. The first-order chi connectivity index (χ1) is 6.25. The van der Waals surface area contributed by atoms with Gasteiger partial charge in [-0.15, -0.1) is 0 Å². The fourth-order valence-electron chi connectivity index (χ4n) is 1.17. The number of benzene rings is 1. The van der Waals surface area contributed by atoms with Crippen LogP contribution in [0.25, 0.3) is 11.3 Å². The van der Waals surface area contributed by atoms with Gasteiger partial charge in [0.05, 0.1) is 0 Å². The Labute approximate surface area is 89.1 Å². The van der Waals surface area contributed by atoms with Gasteiger partial charge < -0.3 is 4.98 Å². The Bertz CT molecular complexity index is 405. The standard InChI is InChI=1S/C10H7FIN/c11-10-6-5-9(13-10)7-1-3-8(12)4-2-7/h1-6,13H. The van der Waals surface area contributed by atoms with Gasteiger partial charge in [0.1, 0.15) is 0 Å². The van der Waals surface area contributed by atoms with E-state index in [-0.39, 0.29) is 5.95 Å². The third-order valence-electron chi connectivity index (χ3n) is 1.81. The number of H-pyrrole nitrogens is 1. The predicted octanol–water partition coefficient (Wildman–Crippen LogP) is 3.43. The summed E-state index contributed by atoms with van der Waals surface area (Å²) in [5.41, 5.74) is 1.82. The summed E-state index contributed by atoms with van der Waals surface area (Å²) in [6.45, 7) is 0. The van der Waals surface area contributed by atoms with Crippen molar-refractivity contribution in [3.63, 3.8) is 0 Å². The van der Waals surface area contributed by atoms with E-state index in [4.69, 9.17) is 0 Å². The summed E-state index contributed by atoms with van der Waals surface area (Å²) in [6.07, 6.45) is 0. The van der Waals surface area contributed by atoms with Crippen molar-refractivity contribution >= 4 is 22.6 Å². The summed E-state index contributed by atoms with van der Waals surface area (Å²) in [5.74, 6) is -0.298. The highest BCUT2D eigenvalue weighted by Gasteiger charge is 1.99. The molecule has 3 heteroatoms. The molecule has 0 aliphatic heterocycles. The lowest BCUT2D eigenvalue weighted by atomic mass is 10.2. The quantitative estimate of drug-likeness (QED) is 0.773. The van der Waals surface area contributed by atoms with Crippen LogP contribution in [-0.4, -0.2) is 4.98 Å². The largest absolute Gasteiger partial charge is 0.331 e. The van der Waals surface area contributed by atoms with Crippen LogP contribution >= 0.6 is 22.6 Å². The first kappa shape index (κ1) is 8.74. The normalized spacial score (nSPS) is 10.3. The first-order valence-corrected chi connectivity index (χ1v) is 4.94. The highest BCUT2D eigenvalue weighted by atomic mass is 127. The molecule has 1 N–H and O–H groups in total. The summed E-state index contributed by atoms with van der Waals surface area (Å²) < 4.78 is 13.8. The molecule has 0 spiro atoms. The van der Waals surface area contributed by atoms with Crippen LogP contribution in [0.3, 0.4) is 0 Å². The number of nitrogens with one attached hydrogen (secondary N) is 1. The molecule has 0 bridgehead atoms. The molecule has 13 heavy (non-hydrogen) atoms. The molecule has 1 aromatic carbocycles. The maximum atomic E-state index is 12.6. The van der Waals surface area contributed by atoms with Crippen molar-refractivity contribution in [2.45, 2.75) is 0 Å². The number of hydrogen-bond acceptors (Lipinski definition) is 0. The molecule has 1 heterocycles. The van der Waals surface area contributed by atoms with Crippen LogP contribution in [-0.2, 0) is 0 Å². The van der Waals surface area contributed by atoms with E-state index in [1.807, 2.05) is 24.3 Å². The first-order valence-electron chi connectivity index (χ1n) is 3.86. The highest BCUT2D eigenvalue weighted by Crippen LogP contribution is 2.19. The zero-order valence-corrected chi connectivity index (χ0v) is 8.88. The van der Waals surface area contributed by atoms with Crippen LogP contribution in [0, 0.1) is 9.52 Å². The molecule has 0 aliphatic carbocycles. The molecule has 0 saturated carbocycles. The SMILES string of the molecule is Fc1ccc(-c2ccc(I)cc2)[nH]1. The second-order valence-electron chi connectivity index (χ2n) is 2.73. The second kappa shape index (κ2) is 3.49. The number of hydrogen-bond donors (Lipinski definition) is 1. The molecule has 0 saturated heterocycles. The van der Waals surface area contributed by atoms with Gasteiger partial charge >= 0.3 is 0 Å². The molecule has 66 valence electrons. The monoisotopic (exact) mass is 287 g/mol. The van der Waals surface area contributed by atoms with Crippen LogP contribution in [0.1, 0.15) is 0 Å². The van der Waals surface area contributed by atoms with Crippen molar-refractivity contribution in [1.82, 2.24) is 4.98 Å². The molecule has 0 fully saturated rings. The Morgan fingerprint density at radius 1 is 1.00 bits per heavy atom. The van der Waals surface area contributed by atoms with Crippen molar-refractivity contribution in [3.8, 4) is 11.3 Å². The van der Waals surface area contributed by atoms with Crippen LogP contribution in [0.15, 0.2) is 36.4 Å². The van der Waals surface area contributed by atoms with Gasteiger partial charge in [-0.2, -0.15) is 4.39 Å². The summed E-state index contributed by atoms with van der Waals surface area (Å²) >= 11 is 2.24. The number of halogens is 2. The molecule has 0 amide bonds. The average Bonchev–Trinajstić information content (AvgIpc) is 2.53. The van der Waals surface area contributed by atoms with Crippen molar-refractivity contribution in [2.75, 3.05) is 0 Å². The third-order valence-corrected chi connectivity index (χ3v) is 2.52. The molecule has 0 atom stereocenters. The Hall–Kier alpha value is -0.840. The minimum atomic E-state index is -0.298. The van der Waals surface area contributed by atoms with E-state index < -0.39 is 0 Å². The van der Waals surface area contributed by atoms with E-state index in [1.165, 1.54) is 9.64 Å². The van der Waals surface area contributed by atoms with Gasteiger partial charge in [0.15, 0.2) is 5.95 Å². The van der Waals surface area contributed by atoms with E-state index in [0.29, 0.717) is 0 Å². The molecule has 0 radical (unpaired) electrons. The Morgan fingerprint density at radius 3 is 2.23 bits per heavy atom. The molecule has 2 aromatic rings. The lowest BCUT2D eigenvalue weighted by molar-refractivity contribution is 0.592. The van der Waals surface area contributed by atoms with Crippen molar-refractivity contribution in [3.05, 3.63) is 45.9 Å². The third kappa shape index (κ3) is 1.91. The van der Waals surface area contributed by atoms with E-state index >= 15 is 0 Å². The van der Waals surface area contributed by atoms with E-state index in [1.54, 1.807) is 6.07 Å². The number of rotatable bonds is 1. The van der Waals surface area contributed by atoms with Gasteiger partial charge in [-0.3, -0.25) is 0 Å². The summed E-state index contributed by atoms with van der Waals surface area (Å²) in [5, 5.41) is 0. The molecule has 2 rings (SSSR count). The zero-order valence-electron chi connectivity index (χ0n) is 6.72. The van der Waals surface area contributed by atoms with Gasteiger partial charge in [-0.1, -0.05) is 12.1 Å². The molecule has 0 unspecified atom stereocenters. The molecule has 1 nitrogen and oxygen atoms in total. The second-order valence-corrected chi connectivity index (χ2v) is 3.97. The van der Waals surface area contributed by atoms with Gasteiger partial charge in [0.2, 0.25) is 0 Å². The predicted molar refractivity (Wildman–Crippen MR) is 58.9 cm³/mol. The van der Waals surface area contributed by atoms with Crippen molar-refractivity contribution in [1.29, 1.82) is 0 Å². The Balaban J connectivity index is 2.41. The van der Waals surface area contributed by atoms with E-state index in [9.17, 15) is 4.39 Å². The van der Waals surface area contributed by atoms with Gasteiger partial charge in [0, 0.05) is 9.26 Å². The average molecular weight is 287 g/mol. The molecule has 1 aromatic heterocycles. The van der Waals surface area contributed by atoms with Crippen LogP contribution in [0.4, 0.5) is 4.39 Å². The fraction of sp³-hybridized carbons (Fsp3) is 0. The maximum absolute atomic E-state index is 12.6. The van der Waals surface area contributed by atoms with Gasteiger partial charge in [0.25, 0.3) is 0 Å².